The van der Waals surface area contributed by atoms with Crippen LogP contribution >= 0.6 is 11.3 Å². The number of carbonyl (C=O) groups is 3. The van der Waals surface area contributed by atoms with Crippen molar-refractivity contribution < 1.29 is 38.4 Å². The van der Waals surface area contributed by atoms with Gasteiger partial charge in [0, 0.05) is 12.0 Å². The molecule has 3 aromatic rings. The van der Waals surface area contributed by atoms with Crippen molar-refractivity contribution in [1.82, 2.24) is 4.98 Å². The topological polar surface area (TPSA) is 124 Å². The largest absolute Gasteiger partial charge is 0.507 e. The van der Waals surface area contributed by atoms with E-state index in [1.807, 2.05) is 13.8 Å². The zero-order chi connectivity index (χ0) is 32.2. The summed E-state index contributed by atoms with van der Waals surface area (Å²) in [5.41, 5.74) is 1.99. The average Bonchev–Trinajstić information content (AvgIpc) is 3.67. The highest BCUT2D eigenvalue weighted by atomic mass is 32.1. The van der Waals surface area contributed by atoms with E-state index in [0.717, 1.165) is 29.7 Å². The second-order valence-corrected chi connectivity index (χ2v) is 11.7. The van der Waals surface area contributed by atoms with Crippen LogP contribution in [0.4, 0.5) is 5.13 Å². The predicted molar refractivity (Wildman–Crippen MR) is 170 cm³/mol. The van der Waals surface area contributed by atoms with Gasteiger partial charge in [0.2, 0.25) is 0 Å². The fourth-order valence-corrected chi connectivity index (χ4v) is 6.34. The SMILES string of the molecule is C=CCOC(=O)c1sc(N2C(=O)C(=O)/C(=C(/O)c3ccc4c(c3)C[C@@H](C)O4)[C@@H]2c2ccc(OCCCC)c(OCC)c2)nc1C. The first-order valence-electron chi connectivity index (χ1n) is 14.9. The summed E-state index contributed by atoms with van der Waals surface area (Å²) in [6, 6.07) is 9.28. The second kappa shape index (κ2) is 13.6. The van der Waals surface area contributed by atoms with E-state index in [1.165, 1.54) is 11.0 Å². The van der Waals surface area contributed by atoms with E-state index < -0.39 is 23.7 Å². The van der Waals surface area contributed by atoms with Crippen LogP contribution in [0.2, 0.25) is 0 Å². The molecule has 2 atom stereocenters. The Kier molecular flexibility index (Phi) is 9.57. The zero-order valence-electron chi connectivity index (χ0n) is 25.8. The molecule has 0 saturated carbocycles. The lowest BCUT2D eigenvalue weighted by molar-refractivity contribution is -0.132. The Morgan fingerprint density at radius 2 is 1.98 bits per heavy atom. The van der Waals surface area contributed by atoms with E-state index in [9.17, 15) is 19.5 Å². The lowest BCUT2D eigenvalue weighted by atomic mass is 9.94. The van der Waals surface area contributed by atoms with E-state index in [0.29, 0.717) is 53.7 Å². The highest BCUT2D eigenvalue weighted by Crippen LogP contribution is 2.46. The number of ketones is 1. The molecule has 236 valence electrons. The summed E-state index contributed by atoms with van der Waals surface area (Å²) in [4.78, 5) is 46.2. The number of Topliss-reactive ketones (excluding diaryl/α,β-unsaturated/α-hetero) is 1. The Balaban J connectivity index is 1.66. The first kappa shape index (κ1) is 31.8. The monoisotopic (exact) mass is 632 g/mol. The number of hydrogen-bond acceptors (Lipinski definition) is 10. The van der Waals surface area contributed by atoms with Gasteiger partial charge in [0.15, 0.2) is 16.6 Å². The number of fused-ring (bicyclic) bond motifs is 1. The second-order valence-electron chi connectivity index (χ2n) is 10.8. The lowest BCUT2D eigenvalue weighted by Gasteiger charge is -2.24. The highest BCUT2D eigenvalue weighted by Gasteiger charge is 2.49. The summed E-state index contributed by atoms with van der Waals surface area (Å²) in [6.07, 6.45) is 3.90. The minimum atomic E-state index is -1.08. The van der Waals surface area contributed by atoms with Crippen LogP contribution in [0.15, 0.2) is 54.6 Å². The number of hydrogen-bond donors (Lipinski definition) is 1. The Labute approximate surface area is 265 Å². The molecule has 3 heterocycles. The van der Waals surface area contributed by atoms with Gasteiger partial charge in [0.1, 0.15) is 29.1 Å². The molecule has 1 aromatic heterocycles. The standard InChI is InChI=1S/C34H36N2O8S/c1-6-9-15-42-25-13-10-21(18-26(25)41-8-3)28-27(29(37)22-11-12-24-23(17-22)16-19(4)44-24)30(38)32(39)36(28)34-35-20(5)31(45-34)33(40)43-14-7-2/h7,10-13,17-19,28,37H,2,6,8-9,14-16H2,1,3-5H3/b29-27+/t19-,28+/m1/s1. The Bertz CT molecular complexity index is 1680. The summed E-state index contributed by atoms with van der Waals surface area (Å²) in [7, 11) is 0. The highest BCUT2D eigenvalue weighted by molar-refractivity contribution is 7.17. The maximum Gasteiger partial charge on any atom is 0.350 e. The van der Waals surface area contributed by atoms with Gasteiger partial charge in [-0.05, 0) is 68.7 Å². The summed E-state index contributed by atoms with van der Waals surface area (Å²) < 4.78 is 22.9. The van der Waals surface area contributed by atoms with Crippen molar-refractivity contribution in [1.29, 1.82) is 0 Å². The summed E-state index contributed by atoms with van der Waals surface area (Å²) >= 11 is 0.933. The molecule has 45 heavy (non-hydrogen) atoms. The van der Waals surface area contributed by atoms with E-state index in [4.69, 9.17) is 18.9 Å². The molecule has 1 amide bonds. The Hall–Kier alpha value is -4.64. The number of esters is 1. The van der Waals surface area contributed by atoms with Crippen molar-refractivity contribution >= 4 is 39.9 Å². The number of aryl methyl sites for hydroxylation is 1. The number of nitrogens with zero attached hydrogens (tertiary/aromatic N) is 2. The number of thiazole rings is 1. The van der Waals surface area contributed by atoms with Crippen LogP contribution in [0.3, 0.4) is 0 Å². The third kappa shape index (κ3) is 6.30. The lowest BCUT2D eigenvalue weighted by Crippen LogP contribution is -2.29. The number of amides is 1. The molecule has 10 nitrogen and oxygen atoms in total. The zero-order valence-corrected chi connectivity index (χ0v) is 26.6. The molecule has 1 fully saturated rings. The molecular formula is C34H36N2O8S. The van der Waals surface area contributed by atoms with Gasteiger partial charge in [-0.1, -0.05) is 43.4 Å². The Morgan fingerprint density at radius 1 is 1.18 bits per heavy atom. The van der Waals surface area contributed by atoms with Gasteiger partial charge in [-0.3, -0.25) is 14.5 Å². The van der Waals surface area contributed by atoms with Gasteiger partial charge in [-0.15, -0.1) is 0 Å². The normalized spacial score (nSPS) is 18.4. The molecule has 0 aliphatic carbocycles. The molecule has 0 bridgehead atoms. The van der Waals surface area contributed by atoms with Gasteiger partial charge in [0.05, 0.1) is 30.5 Å². The molecule has 0 radical (unpaired) electrons. The van der Waals surface area contributed by atoms with Crippen LogP contribution in [-0.4, -0.2) is 53.7 Å². The summed E-state index contributed by atoms with van der Waals surface area (Å²) in [6.45, 7) is 11.9. The predicted octanol–water partition coefficient (Wildman–Crippen LogP) is 6.32. The fourth-order valence-electron chi connectivity index (χ4n) is 5.35. The first-order valence-corrected chi connectivity index (χ1v) is 15.8. The molecular weight excluding hydrogens is 596 g/mol. The number of aliphatic hydroxyl groups is 1. The van der Waals surface area contributed by atoms with E-state index in [1.54, 1.807) is 43.3 Å². The molecule has 1 N–H and O–H groups in total. The number of benzene rings is 2. The first-order chi connectivity index (χ1) is 21.7. The quantitative estimate of drug-likeness (QED) is 0.0610. The van der Waals surface area contributed by atoms with E-state index in [2.05, 4.69) is 18.5 Å². The molecule has 5 rings (SSSR count). The van der Waals surface area contributed by atoms with Crippen molar-refractivity contribution in [3.05, 3.63) is 81.9 Å². The van der Waals surface area contributed by atoms with E-state index in [-0.39, 0.29) is 34.1 Å². The molecule has 0 spiro atoms. The van der Waals surface area contributed by atoms with Crippen molar-refractivity contribution in [2.24, 2.45) is 0 Å². The summed E-state index contributed by atoms with van der Waals surface area (Å²) in [5, 5.41) is 11.8. The number of ether oxygens (including phenoxy) is 4. The average molecular weight is 633 g/mol. The van der Waals surface area contributed by atoms with Gasteiger partial charge in [-0.25, -0.2) is 9.78 Å². The molecule has 2 aromatic carbocycles. The fraction of sp³-hybridized carbons (Fsp3) is 0.353. The molecule has 1 saturated heterocycles. The van der Waals surface area contributed by atoms with Crippen LogP contribution in [0, 0.1) is 6.92 Å². The molecule has 2 aliphatic heterocycles. The van der Waals surface area contributed by atoms with Crippen LogP contribution in [0.5, 0.6) is 17.2 Å². The number of unbranched alkanes of at least 4 members (excludes halogenated alkanes) is 1. The van der Waals surface area contributed by atoms with Gasteiger partial charge < -0.3 is 24.1 Å². The summed E-state index contributed by atoms with van der Waals surface area (Å²) in [5.74, 6) is -1.05. The number of carbonyl (C=O) groups excluding carboxylic acids is 3. The van der Waals surface area contributed by atoms with Crippen molar-refractivity contribution in [3.63, 3.8) is 0 Å². The number of anilines is 1. The number of rotatable bonds is 12. The number of aromatic nitrogens is 1. The van der Waals surface area contributed by atoms with Crippen LogP contribution in [0.1, 0.15) is 71.7 Å². The minimum Gasteiger partial charge on any atom is -0.507 e. The van der Waals surface area contributed by atoms with Crippen LogP contribution in [-0.2, 0) is 20.7 Å². The molecule has 11 heteroatoms. The number of aliphatic hydroxyl groups excluding tert-OH is 1. The third-order valence-corrected chi connectivity index (χ3v) is 8.60. The molecule has 0 unspecified atom stereocenters. The third-order valence-electron chi connectivity index (χ3n) is 7.46. The van der Waals surface area contributed by atoms with Crippen molar-refractivity contribution in [3.8, 4) is 17.2 Å². The van der Waals surface area contributed by atoms with Gasteiger partial charge in [0.25, 0.3) is 5.78 Å². The molecule has 2 aliphatic rings. The maximum atomic E-state index is 13.8. The van der Waals surface area contributed by atoms with Crippen molar-refractivity contribution in [2.45, 2.75) is 59.1 Å². The van der Waals surface area contributed by atoms with Crippen LogP contribution in [0.25, 0.3) is 5.76 Å². The van der Waals surface area contributed by atoms with Gasteiger partial charge in [-0.2, -0.15) is 0 Å². The maximum absolute atomic E-state index is 13.8. The van der Waals surface area contributed by atoms with Gasteiger partial charge >= 0.3 is 11.9 Å². The Morgan fingerprint density at radius 3 is 2.71 bits per heavy atom. The van der Waals surface area contributed by atoms with Crippen LogP contribution < -0.4 is 19.1 Å². The van der Waals surface area contributed by atoms with E-state index >= 15 is 0 Å². The minimum absolute atomic E-state index is 0.00744. The van der Waals surface area contributed by atoms with Crippen molar-refractivity contribution in [2.75, 3.05) is 24.7 Å². The smallest absolute Gasteiger partial charge is 0.350 e.